The molecule has 1 aromatic heterocycles. The van der Waals surface area contributed by atoms with Crippen molar-refractivity contribution in [1.82, 2.24) is 4.98 Å². The Bertz CT molecular complexity index is 548. The van der Waals surface area contributed by atoms with Crippen molar-refractivity contribution in [1.29, 1.82) is 0 Å². The average Bonchev–Trinajstić information content (AvgIpc) is 2.84. The van der Waals surface area contributed by atoms with Gasteiger partial charge in [0.25, 0.3) is 0 Å². The Labute approximate surface area is 110 Å². The number of aryl methyl sites for hydroxylation is 1. The Hall–Kier alpha value is -2.14. The molecule has 0 fully saturated rings. The van der Waals surface area contributed by atoms with Gasteiger partial charge in [0.05, 0.1) is 0 Å². The highest BCUT2D eigenvalue weighted by Gasteiger charge is 2.19. The summed E-state index contributed by atoms with van der Waals surface area (Å²) in [6, 6.07) is 9.24. The number of aromatic nitrogens is 1. The van der Waals surface area contributed by atoms with Gasteiger partial charge in [-0.2, -0.15) is 0 Å². The standard InChI is InChI=1S/C14H15NO4/c1-18-9-5-8-11-12(14(16)17)15-13(19-11)10-6-3-2-4-7-10/h2-4,6-7H,5,8-9H2,1H3,(H,16,17). The lowest BCUT2D eigenvalue weighted by Gasteiger charge is -1.97. The maximum atomic E-state index is 11.1. The largest absolute Gasteiger partial charge is 0.476 e. The molecule has 0 aliphatic rings. The molecule has 0 aliphatic heterocycles. The number of nitrogens with zero attached hydrogens (tertiary/aromatic N) is 1. The van der Waals surface area contributed by atoms with Crippen LogP contribution in [0.15, 0.2) is 34.7 Å². The van der Waals surface area contributed by atoms with Crippen molar-refractivity contribution >= 4 is 5.97 Å². The lowest BCUT2D eigenvalue weighted by atomic mass is 10.2. The van der Waals surface area contributed by atoms with Gasteiger partial charge in [-0.05, 0) is 18.6 Å². The fourth-order valence-electron chi connectivity index (χ4n) is 1.77. The van der Waals surface area contributed by atoms with Gasteiger partial charge in [0.15, 0.2) is 5.69 Å². The number of hydrogen-bond acceptors (Lipinski definition) is 4. The topological polar surface area (TPSA) is 72.6 Å². The molecule has 19 heavy (non-hydrogen) atoms. The first-order valence-corrected chi connectivity index (χ1v) is 5.99. The van der Waals surface area contributed by atoms with Gasteiger partial charge in [0, 0.05) is 25.7 Å². The minimum absolute atomic E-state index is 0.0186. The summed E-state index contributed by atoms with van der Waals surface area (Å²) in [5.74, 6) is -0.341. The van der Waals surface area contributed by atoms with Gasteiger partial charge in [-0.25, -0.2) is 9.78 Å². The van der Waals surface area contributed by atoms with Crippen molar-refractivity contribution in [3.63, 3.8) is 0 Å². The van der Waals surface area contributed by atoms with E-state index in [4.69, 9.17) is 14.3 Å². The fraction of sp³-hybridized carbons (Fsp3) is 0.286. The maximum absolute atomic E-state index is 11.1. The van der Waals surface area contributed by atoms with Gasteiger partial charge < -0.3 is 14.3 Å². The number of aromatic carboxylic acids is 1. The lowest BCUT2D eigenvalue weighted by molar-refractivity contribution is 0.0688. The number of methoxy groups -OCH3 is 1. The molecule has 5 heteroatoms. The molecule has 0 saturated carbocycles. The number of carboxylic acid groups (broad SMARTS) is 1. The van der Waals surface area contributed by atoms with Crippen LogP contribution in [0.25, 0.3) is 11.5 Å². The first-order chi connectivity index (χ1) is 9.22. The number of oxazole rings is 1. The van der Waals surface area contributed by atoms with Crippen molar-refractivity contribution in [3.05, 3.63) is 41.8 Å². The monoisotopic (exact) mass is 261 g/mol. The number of carboxylic acids is 1. The van der Waals surface area contributed by atoms with Crippen LogP contribution in [0.2, 0.25) is 0 Å². The van der Waals surface area contributed by atoms with Gasteiger partial charge in [0.1, 0.15) is 5.76 Å². The molecule has 2 rings (SSSR count). The van der Waals surface area contributed by atoms with Crippen LogP contribution < -0.4 is 0 Å². The van der Waals surface area contributed by atoms with Crippen LogP contribution >= 0.6 is 0 Å². The molecule has 100 valence electrons. The van der Waals surface area contributed by atoms with E-state index in [1.807, 2.05) is 30.3 Å². The van der Waals surface area contributed by atoms with Crippen molar-refractivity contribution in [2.24, 2.45) is 0 Å². The summed E-state index contributed by atoms with van der Waals surface area (Å²) in [5.41, 5.74) is 0.748. The molecular weight excluding hydrogens is 246 g/mol. The van der Waals surface area contributed by atoms with E-state index in [1.165, 1.54) is 0 Å². The zero-order valence-corrected chi connectivity index (χ0v) is 10.6. The van der Waals surface area contributed by atoms with E-state index >= 15 is 0 Å². The summed E-state index contributed by atoms with van der Waals surface area (Å²) >= 11 is 0. The first kappa shape index (κ1) is 13.3. The summed E-state index contributed by atoms with van der Waals surface area (Å²) in [5, 5.41) is 9.13. The van der Waals surface area contributed by atoms with E-state index in [1.54, 1.807) is 7.11 Å². The molecule has 5 nitrogen and oxygen atoms in total. The highest BCUT2D eigenvalue weighted by Crippen LogP contribution is 2.22. The van der Waals surface area contributed by atoms with Gasteiger partial charge in [-0.3, -0.25) is 0 Å². The van der Waals surface area contributed by atoms with Crippen LogP contribution in [0, 0.1) is 0 Å². The van der Waals surface area contributed by atoms with Crippen LogP contribution in [-0.2, 0) is 11.2 Å². The molecule has 2 aromatic rings. The summed E-state index contributed by atoms with van der Waals surface area (Å²) in [7, 11) is 1.61. The summed E-state index contributed by atoms with van der Waals surface area (Å²) < 4.78 is 10.5. The summed E-state index contributed by atoms with van der Waals surface area (Å²) in [6.45, 7) is 0.556. The van der Waals surface area contributed by atoms with Crippen LogP contribution in [0.1, 0.15) is 22.7 Å². The Kier molecular flexibility index (Phi) is 4.30. The van der Waals surface area contributed by atoms with Crippen molar-refractivity contribution < 1.29 is 19.1 Å². The molecule has 0 amide bonds. The summed E-state index contributed by atoms with van der Waals surface area (Å²) in [4.78, 5) is 15.2. The molecule has 0 spiro atoms. The minimum atomic E-state index is -1.07. The lowest BCUT2D eigenvalue weighted by Crippen LogP contribution is -2.02. The maximum Gasteiger partial charge on any atom is 0.358 e. The number of carbonyl (C=O) groups is 1. The molecule has 1 heterocycles. The third-order valence-corrected chi connectivity index (χ3v) is 2.67. The van der Waals surface area contributed by atoms with Crippen LogP contribution in [0.4, 0.5) is 0 Å². The van der Waals surface area contributed by atoms with Crippen molar-refractivity contribution in [2.45, 2.75) is 12.8 Å². The Morgan fingerprint density at radius 1 is 1.37 bits per heavy atom. The van der Waals surface area contributed by atoms with Crippen LogP contribution in [-0.4, -0.2) is 29.8 Å². The highest BCUT2D eigenvalue weighted by molar-refractivity contribution is 5.87. The predicted octanol–water partition coefficient (Wildman–Crippen LogP) is 2.62. The van der Waals surface area contributed by atoms with E-state index < -0.39 is 5.97 Å². The number of ether oxygens (including phenoxy) is 1. The van der Waals surface area contributed by atoms with E-state index in [-0.39, 0.29) is 5.69 Å². The van der Waals surface area contributed by atoms with Crippen molar-refractivity contribution in [3.8, 4) is 11.5 Å². The highest BCUT2D eigenvalue weighted by atomic mass is 16.5. The second-order valence-electron chi connectivity index (χ2n) is 4.06. The molecular formula is C14H15NO4. The second-order valence-corrected chi connectivity index (χ2v) is 4.06. The summed E-state index contributed by atoms with van der Waals surface area (Å²) in [6.07, 6.45) is 1.19. The third kappa shape index (κ3) is 3.20. The molecule has 0 bridgehead atoms. The Morgan fingerprint density at radius 2 is 2.11 bits per heavy atom. The van der Waals surface area contributed by atoms with E-state index in [0.717, 1.165) is 5.56 Å². The average molecular weight is 261 g/mol. The molecule has 0 unspecified atom stereocenters. The fourth-order valence-corrected chi connectivity index (χ4v) is 1.77. The number of hydrogen-bond donors (Lipinski definition) is 1. The Morgan fingerprint density at radius 3 is 2.74 bits per heavy atom. The third-order valence-electron chi connectivity index (χ3n) is 2.67. The number of benzene rings is 1. The van der Waals surface area contributed by atoms with E-state index in [9.17, 15) is 4.79 Å². The smallest absolute Gasteiger partial charge is 0.358 e. The zero-order valence-electron chi connectivity index (χ0n) is 10.6. The predicted molar refractivity (Wildman–Crippen MR) is 69.1 cm³/mol. The normalized spacial score (nSPS) is 10.6. The molecule has 0 saturated heterocycles. The number of rotatable bonds is 6. The van der Waals surface area contributed by atoms with Crippen LogP contribution in [0.5, 0.6) is 0 Å². The molecule has 0 radical (unpaired) electrons. The van der Waals surface area contributed by atoms with Crippen molar-refractivity contribution in [2.75, 3.05) is 13.7 Å². The minimum Gasteiger partial charge on any atom is -0.476 e. The van der Waals surface area contributed by atoms with E-state index in [2.05, 4.69) is 4.98 Å². The molecule has 0 aliphatic carbocycles. The second kappa shape index (κ2) is 6.15. The molecule has 0 atom stereocenters. The van der Waals surface area contributed by atoms with E-state index in [0.29, 0.717) is 31.1 Å². The quantitative estimate of drug-likeness (QED) is 0.809. The van der Waals surface area contributed by atoms with Gasteiger partial charge in [-0.15, -0.1) is 0 Å². The van der Waals surface area contributed by atoms with Crippen LogP contribution in [0.3, 0.4) is 0 Å². The first-order valence-electron chi connectivity index (χ1n) is 5.99. The SMILES string of the molecule is COCCCc1oc(-c2ccccc2)nc1C(=O)O. The Balaban J connectivity index is 2.27. The van der Waals surface area contributed by atoms with Gasteiger partial charge >= 0.3 is 5.97 Å². The molecule has 1 aromatic carbocycles. The molecule has 1 N–H and O–H groups in total. The zero-order chi connectivity index (χ0) is 13.7. The van der Waals surface area contributed by atoms with Gasteiger partial charge in [0.2, 0.25) is 5.89 Å². The van der Waals surface area contributed by atoms with Gasteiger partial charge in [-0.1, -0.05) is 18.2 Å².